The molecule has 2 rings (SSSR count). The molecule has 1 fully saturated rings. The predicted molar refractivity (Wildman–Crippen MR) is 69.7 cm³/mol. The van der Waals surface area contributed by atoms with E-state index in [1.807, 2.05) is 13.8 Å². The summed E-state index contributed by atoms with van der Waals surface area (Å²) >= 11 is 0. The lowest BCUT2D eigenvalue weighted by atomic mass is 9.89. The lowest BCUT2D eigenvalue weighted by Crippen LogP contribution is -2.37. The highest BCUT2D eigenvalue weighted by Gasteiger charge is 2.40. The van der Waals surface area contributed by atoms with Crippen LogP contribution in [0.1, 0.15) is 25.8 Å². The highest BCUT2D eigenvalue weighted by Crippen LogP contribution is 2.31. The number of halogens is 1. The fourth-order valence-corrected chi connectivity index (χ4v) is 2.62. The van der Waals surface area contributed by atoms with Crippen molar-refractivity contribution in [1.82, 2.24) is 4.90 Å². The molecular formula is C15H18FNO2. The van der Waals surface area contributed by atoms with Gasteiger partial charge in [0.05, 0.1) is 6.04 Å². The Hall–Kier alpha value is -1.71. The Kier molecular flexibility index (Phi) is 3.98. The number of hydrogen-bond donors (Lipinski definition) is 0. The summed E-state index contributed by atoms with van der Waals surface area (Å²) < 4.78 is 12.9. The van der Waals surface area contributed by atoms with Gasteiger partial charge in [0, 0.05) is 13.0 Å². The van der Waals surface area contributed by atoms with Gasteiger partial charge >= 0.3 is 0 Å². The molecule has 0 aliphatic carbocycles. The number of benzene rings is 1. The summed E-state index contributed by atoms with van der Waals surface area (Å²) in [5.41, 5.74) is 0.839. The molecule has 3 nitrogen and oxygen atoms in total. The van der Waals surface area contributed by atoms with Crippen molar-refractivity contribution >= 4 is 12.2 Å². The molecule has 0 bridgehead atoms. The summed E-state index contributed by atoms with van der Waals surface area (Å²) in [6.45, 7) is 4.41. The number of carbonyl (C=O) groups is 2. The minimum Gasteiger partial charge on any atom is -0.328 e. The van der Waals surface area contributed by atoms with E-state index in [2.05, 4.69) is 0 Å². The monoisotopic (exact) mass is 263 g/mol. The Morgan fingerprint density at radius 2 is 2.00 bits per heavy atom. The largest absolute Gasteiger partial charge is 0.328 e. The summed E-state index contributed by atoms with van der Waals surface area (Å²) in [4.78, 5) is 24.9. The molecule has 1 aromatic carbocycles. The number of rotatable bonds is 4. The van der Waals surface area contributed by atoms with Gasteiger partial charge in [0.25, 0.3) is 0 Å². The zero-order chi connectivity index (χ0) is 14.0. The van der Waals surface area contributed by atoms with E-state index in [-0.39, 0.29) is 29.6 Å². The third-order valence-corrected chi connectivity index (χ3v) is 3.79. The number of amides is 1. The molecule has 1 saturated heterocycles. The van der Waals surface area contributed by atoms with Crippen molar-refractivity contribution in [3.63, 3.8) is 0 Å². The lowest BCUT2D eigenvalue weighted by Gasteiger charge is -2.25. The van der Waals surface area contributed by atoms with E-state index in [9.17, 15) is 14.0 Å². The molecular weight excluding hydrogens is 245 g/mol. The maximum atomic E-state index is 12.9. The molecule has 0 spiro atoms. The molecule has 1 aliphatic heterocycles. The fraction of sp³-hybridized carbons (Fsp3) is 0.467. The molecule has 1 aromatic rings. The smallest absolute Gasteiger partial charge is 0.223 e. The van der Waals surface area contributed by atoms with Crippen LogP contribution in [-0.4, -0.2) is 23.1 Å². The SMILES string of the molecule is CC(C)[C@@H]1CC(=O)N(Cc2ccc(F)cc2)[C@H]1C=O. The first-order valence-electron chi connectivity index (χ1n) is 6.52. The molecule has 0 radical (unpaired) electrons. The molecule has 1 heterocycles. The molecule has 1 amide bonds. The van der Waals surface area contributed by atoms with Crippen molar-refractivity contribution in [2.75, 3.05) is 0 Å². The van der Waals surface area contributed by atoms with Crippen LogP contribution in [0.25, 0.3) is 0 Å². The zero-order valence-electron chi connectivity index (χ0n) is 11.2. The number of likely N-dealkylation sites (tertiary alicyclic amines) is 1. The van der Waals surface area contributed by atoms with Gasteiger partial charge in [0.15, 0.2) is 0 Å². The van der Waals surface area contributed by atoms with Gasteiger partial charge in [-0.05, 0) is 29.5 Å². The summed E-state index contributed by atoms with van der Waals surface area (Å²) in [6, 6.07) is 5.66. The van der Waals surface area contributed by atoms with Crippen LogP contribution in [0.5, 0.6) is 0 Å². The highest BCUT2D eigenvalue weighted by molar-refractivity contribution is 5.84. The molecule has 0 N–H and O–H groups in total. The second-order valence-corrected chi connectivity index (χ2v) is 5.39. The highest BCUT2D eigenvalue weighted by atomic mass is 19.1. The Morgan fingerprint density at radius 1 is 1.37 bits per heavy atom. The topological polar surface area (TPSA) is 37.4 Å². The average Bonchev–Trinajstić information content (AvgIpc) is 2.69. The average molecular weight is 263 g/mol. The molecule has 1 aliphatic rings. The van der Waals surface area contributed by atoms with Crippen LogP contribution in [-0.2, 0) is 16.1 Å². The summed E-state index contributed by atoms with van der Waals surface area (Å²) in [5.74, 6) is 0.0615. The standard InChI is InChI=1S/C15H18FNO2/c1-10(2)13-7-15(19)17(14(13)9-18)8-11-3-5-12(16)6-4-11/h3-6,9-10,13-14H,7-8H2,1-2H3/t13-,14-/m0/s1. The Labute approximate surface area is 112 Å². The van der Waals surface area contributed by atoms with Gasteiger partial charge in [-0.1, -0.05) is 26.0 Å². The van der Waals surface area contributed by atoms with Crippen molar-refractivity contribution in [3.8, 4) is 0 Å². The normalized spacial score (nSPS) is 23.2. The summed E-state index contributed by atoms with van der Waals surface area (Å²) in [5, 5.41) is 0. The summed E-state index contributed by atoms with van der Waals surface area (Å²) in [6.07, 6.45) is 1.28. The van der Waals surface area contributed by atoms with Crippen molar-refractivity contribution in [2.45, 2.75) is 32.9 Å². The van der Waals surface area contributed by atoms with Crippen LogP contribution in [0.15, 0.2) is 24.3 Å². The first-order valence-corrected chi connectivity index (χ1v) is 6.52. The number of carbonyl (C=O) groups excluding carboxylic acids is 2. The van der Waals surface area contributed by atoms with E-state index in [0.717, 1.165) is 11.8 Å². The van der Waals surface area contributed by atoms with E-state index in [0.29, 0.717) is 13.0 Å². The molecule has 0 unspecified atom stereocenters. The molecule has 4 heteroatoms. The van der Waals surface area contributed by atoms with Gasteiger partial charge in [0.1, 0.15) is 12.1 Å². The minimum absolute atomic E-state index is 0.000116. The van der Waals surface area contributed by atoms with E-state index in [1.54, 1.807) is 17.0 Å². The van der Waals surface area contributed by atoms with Gasteiger partial charge in [-0.15, -0.1) is 0 Å². The van der Waals surface area contributed by atoms with Crippen LogP contribution >= 0.6 is 0 Å². The maximum Gasteiger partial charge on any atom is 0.223 e. The number of nitrogens with zero attached hydrogens (tertiary/aromatic N) is 1. The van der Waals surface area contributed by atoms with Crippen molar-refractivity contribution in [1.29, 1.82) is 0 Å². The molecule has 0 aromatic heterocycles. The molecule has 19 heavy (non-hydrogen) atoms. The van der Waals surface area contributed by atoms with Crippen molar-refractivity contribution < 1.29 is 14.0 Å². The molecule has 2 atom stereocenters. The van der Waals surface area contributed by atoms with Crippen LogP contribution in [0.3, 0.4) is 0 Å². The minimum atomic E-state index is -0.363. The second-order valence-electron chi connectivity index (χ2n) is 5.39. The van der Waals surface area contributed by atoms with Gasteiger partial charge < -0.3 is 9.69 Å². The predicted octanol–water partition coefficient (Wildman–Crippen LogP) is 2.40. The Balaban J connectivity index is 2.16. The van der Waals surface area contributed by atoms with E-state index in [1.165, 1.54) is 12.1 Å². The molecule has 0 saturated carbocycles. The Morgan fingerprint density at radius 3 is 2.53 bits per heavy atom. The Bertz CT molecular complexity index is 470. The third kappa shape index (κ3) is 2.83. The van der Waals surface area contributed by atoms with Crippen LogP contribution < -0.4 is 0 Å². The van der Waals surface area contributed by atoms with E-state index < -0.39 is 0 Å². The first-order chi connectivity index (χ1) is 9.02. The fourth-order valence-electron chi connectivity index (χ4n) is 2.62. The van der Waals surface area contributed by atoms with E-state index >= 15 is 0 Å². The van der Waals surface area contributed by atoms with Gasteiger partial charge in [-0.25, -0.2) is 4.39 Å². The van der Waals surface area contributed by atoms with Crippen molar-refractivity contribution in [2.24, 2.45) is 11.8 Å². The van der Waals surface area contributed by atoms with Crippen molar-refractivity contribution in [3.05, 3.63) is 35.6 Å². The number of hydrogen-bond acceptors (Lipinski definition) is 2. The summed E-state index contributed by atoms with van der Waals surface area (Å²) in [7, 11) is 0. The van der Waals surface area contributed by atoms with Gasteiger partial charge in [0.2, 0.25) is 5.91 Å². The first kappa shape index (κ1) is 13.7. The molecule has 102 valence electrons. The number of aldehydes is 1. The van der Waals surface area contributed by atoms with Crippen LogP contribution in [0.4, 0.5) is 4.39 Å². The van der Waals surface area contributed by atoms with Crippen LogP contribution in [0.2, 0.25) is 0 Å². The zero-order valence-corrected chi connectivity index (χ0v) is 11.2. The van der Waals surface area contributed by atoms with Gasteiger partial charge in [-0.3, -0.25) is 4.79 Å². The maximum absolute atomic E-state index is 12.9. The lowest BCUT2D eigenvalue weighted by molar-refractivity contribution is -0.131. The second kappa shape index (κ2) is 5.51. The van der Waals surface area contributed by atoms with E-state index in [4.69, 9.17) is 0 Å². The van der Waals surface area contributed by atoms with Gasteiger partial charge in [-0.2, -0.15) is 0 Å². The quantitative estimate of drug-likeness (QED) is 0.782. The van der Waals surface area contributed by atoms with Crippen LogP contribution in [0, 0.1) is 17.7 Å². The third-order valence-electron chi connectivity index (χ3n) is 3.79.